The van der Waals surface area contributed by atoms with Crippen LogP contribution in [0.1, 0.15) is 23.1 Å². The summed E-state index contributed by atoms with van der Waals surface area (Å²) in [6.07, 6.45) is 0. The fourth-order valence-corrected chi connectivity index (χ4v) is 3.32. The number of benzene rings is 3. The number of aromatic nitrogens is 2. The van der Waals surface area contributed by atoms with Gasteiger partial charge in [-0.05, 0) is 36.4 Å². The van der Waals surface area contributed by atoms with E-state index in [-0.39, 0.29) is 11.7 Å². The molecule has 0 unspecified atom stereocenters. The third-order valence-electron chi connectivity index (χ3n) is 4.91. The fraction of sp³-hybridized carbons (Fsp3) is 0.167. The number of rotatable bonds is 8. The Hall–Kier alpha value is -3.71. The molecule has 4 aromatic rings. The highest BCUT2D eigenvalue weighted by atomic mass is 19.1. The molecule has 0 aliphatic carbocycles. The lowest BCUT2D eigenvalue weighted by Crippen LogP contribution is -2.23. The van der Waals surface area contributed by atoms with E-state index in [4.69, 9.17) is 13.9 Å². The van der Waals surface area contributed by atoms with Gasteiger partial charge in [0.05, 0.1) is 14.2 Å². The molecule has 0 amide bonds. The first-order chi connectivity index (χ1) is 15.2. The van der Waals surface area contributed by atoms with Crippen LogP contribution < -0.4 is 14.8 Å². The van der Waals surface area contributed by atoms with Crippen LogP contribution in [-0.2, 0) is 6.54 Å². The van der Waals surface area contributed by atoms with Crippen LogP contribution in [0.25, 0.3) is 11.5 Å². The van der Waals surface area contributed by atoms with Gasteiger partial charge in [-0.1, -0.05) is 36.4 Å². The molecule has 0 radical (unpaired) electrons. The monoisotopic (exact) mass is 419 g/mol. The summed E-state index contributed by atoms with van der Waals surface area (Å²) in [6.45, 7) is 0.364. The Morgan fingerprint density at radius 2 is 1.71 bits per heavy atom. The fourth-order valence-electron chi connectivity index (χ4n) is 3.32. The van der Waals surface area contributed by atoms with E-state index < -0.39 is 6.04 Å². The molecule has 1 aromatic heterocycles. The largest absolute Gasteiger partial charge is 0.497 e. The molecule has 0 bridgehead atoms. The molecule has 0 saturated heterocycles. The van der Waals surface area contributed by atoms with Crippen molar-refractivity contribution < 1.29 is 18.3 Å². The van der Waals surface area contributed by atoms with Gasteiger partial charge in [-0.2, -0.15) is 0 Å². The maximum absolute atomic E-state index is 14.7. The second kappa shape index (κ2) is 9.40. The van der Waals surface area contributed by atoms with Crippen molar-refractivity contribution in [3.05, 3.63) is 95.6 Å². The summed E-state index contributed by atoms with van der Waals surface area (Å²) in [4.78, 5) is 0. The number of ether oxygens (including phenoxy) is 2. The molecule has 7 heteroatoms. The molecule has 0 fully saturated rings. The minimum absolute atomic E-state index is 0.269. The molecule has 158 valence electrons. The lowest BCUT2D eigenvalue weighted by Gasteiger charge is -2.18. The lowest BCUT2D eigenvalue weighted by molar-refractivity contribution is 0.391. The summed E-state index contributed by atoms with van der Waals surface area (Å²) in [5.74, 6) is 1.67. The summed E-state index contributed by atoms with van der Waals surface area (Å²) in [5.41, 5.74) is 2.06. The van der Waals surface area contributed by atoms with Gasteiger partial charge in [0, 0.05) is 23.2 Å². The maximum Gasteiger partial charge on any atom is 0.247 e. The van der Waals surface area contributed by atoms with Gasteiger partial charge in [0.15, 0.2) is 0 Å². The van der Waals surface area contributed by atoms with Crippen molar-refractivity contribution in [3.8, 4) is 23.0 Å². The molecule has 3 aromatic carbocycles. The number of nitrogens with zero attached hydrogens (tertiary/aromatic N) is 2. The Morgan fingerprint density at radius 3 is 2.45 bits per heavy atom. The zero-order chi connectivity index (χ0) is 21.6. The molecule has 0 spiro atoms. The van der Waals surface area contributed by atoms with Crippen molar-refractivity contribution in [2.75, 3.05) is 14.2 Å². The molecule has 0 saturated carbocycles. The number of nitrogens with one attached hydrogen (secondary N) is 1. The lowest BCUT2D eigenvalue weighted by atomic mass is 10.1. The normalized spacial score (nSPS) is 11.8. The average Bonchev–Trinajstić information content (AvgIpc) is 3.31. The van der Waals surface area contributed by atoms with Crippen LogP contribution in [0.3, 0.4) is 0 Å². The quantitative estimate of drug-likeness (QED) is 0.444. The van der Waals surface area contributed by atoms with Crippen LogP contribution >= 0.6 is 0 Å². The third-order valence-corrected chi connectivity index (χ3v) is 4.91. The highest BCUT2D eigenvalue weighted by Gasteiger charge is 2.24. The van der Waals surface area contributed by atoms with Crippen LogP contribution in [0.2, 0.25) is 0 Å². The molecule has 1 N–H and O–H groups in total. The molecule has 1 heterocycles. The molecular formula is C24H22FN3O3. The number of hydrogen-bond acceptors (Lipinski definition) is 6. The number of halogens is 1. The van der Waals surface area contributed by atoms with Crippen molar-refractivity contribution >= 4 is 0 Å². The van der Waals surface area contributed by atoms with Gasteiger partial charge < -0.3 is 13.9 Å². The average molecular weight is 419 g/mol. The molecular weight excluding hydrogens is 397 g/mol. The molecule has 0 aliphatic heterocycles. The Bertz CT molecular complexity index is 1150. The van der Waals surface area contributed by atoms with Gasteiger partial charge in [0.2, 0.25) is 11.8 Å². The smallest absolute Gasteiger partial charge is 0.247 e. The van der Waals surface area contributed by atoms with E-state index >= 15 is 0 Å². The highest BCUT2D eigenvalue weighted by molar-refractivity contribution is 5.52. The second-order valence-electron chi connectivity index (χ2n) is 6.82. The summed E-state index contributed by atoms with van der Waals surface area (Å²) in [7, 11) is 3.20. The van der Waals surface area contributed by atoms with Gasteiger partial charge in [-0.15, -0.1) is 10.2 Å². The topological polar surface area (TPSA) is 69.4 Å². The molecule has 4 rings (SSSR count). The van der Waals surface area contributed by atoms with Crippen molar-refractivity contribution in [1.82, 2.24) is 15.5 Å². The van der Waals surface area contributed by atoms with E-state index in [0.29, 0.717) is 29.5 Å². The first kappa shape index (κ1) is 20.6. The van der Waals surface area contributed by atoms with E-state index in [1.165, 1.54) is 6.07 Å². The first-order valence-corrected chi connectivity index (χ1v) is 9.77. The Kier molecular flexibility index (Phi) is 6.24. The standard InChI is InChI=1S/C24H22FN3O3/c1-29-18-12-13-21(30-2)17(14-18)15-26-22(19-10-6-7-11-20(19)25)24-28-27-23(31-24)16-8-4-3-5-9-16/h3-14,22,26H,15H2,1-2H3/t22-/m0/s1. The third kappa shape index (κ3) is 4.57. The highest BCUT2D eigenvalue weighted by Crippen LogP contribution is 2.29. The molecule has 6 nitrogen and oxygen atoms in total. The minimum Gasteiger partial charge on any atom is -0.497 e. The second-order valence-corrected chi connectivity index (χ2v) is 6.82. The van der Waals surface area contributed by atoms with Crippen molar-refractivity contribution in [1.29, 1.82) is 0 Å². The predicted molar refractivity (Wildman–Crippen MR) is 114 cm³/mol. The zero-order valence-electron chi connectivity index (χ0n) is 17.2. The first-order valence-electron chi connectivity index (χ1n) is 9.77. The van der Waals surface area contributed by atoms with E-state index in [9.17, 15) is 4.39 Å². The van der Waals surface area contributed by atoms with Crippen LogP contribution in [0.5, 0.6) is 11.5 Å². The molecule has 0 aliphatic rings. The van der Waals surface area contributed by atoms with Crippen LogP contribution in [0, 0.1) is 5.82 Å². The van der Waals surface area contributed by atoms with Gasteiger partial charge in [-0.25, -0.2) is 4.39 Å². The SMILES string of the molecule is COc1ccc(OC)c(CN[C@H](c2nnc(-c3ccccc3)o2)c2ccccc2F)c1. The Morgan fingerprint density at radius 1 is 0.935 bits per heavy atom. The van der Waals surface area contributed by atoms with Crippen LogP contribution in [0.15, 0.2) is 77.2 Å². The Labute approximate surface area is 179 Å². The summed E-state index contributed by atoms with van der Waals surface area (Å²) >= 11 is 0. The summed E-state index contributed by atoms with van der Waals surface area (Å²) in [5, 5.41) is 11.7. The van der Waals surface area contributed by atoms with Crippen molar-refractivity contribution in [2.24, 2.45) is 0 Å². The predicted octanol–water partition coefficient (Wildman–Crippen LogP) is 4.77. The van der Waals surface area contributed by atoms with Crippen molar-refractivity contribution in [2.45, 2.75) is 12.6 Å². The molecule has 1 atom stereocenters. The Balaban J connectivity index is 1.67. The summed E-state index contributed by atoms with van der Waals surface area (Å²) < 4.78 is 31.4. The van der Waals surface area contributed by atoms with E-state index in [0.717, 1.165) is 11.1 Å². The number of methoxy groups -OCH3 is 2. The van der Waals surface area contributed by atoms with E-state index in [1.54, 1.807) is 32.4 Å². The van der Waals surface area contributed by atoms with E-state index in [2.05, 4.69) is 15.5 Å². The van der Waals surface area contributed by atoms with Crippen LogP contribution in [0.4, 0.5) is 4.39 Å². The van der Waals surface area contributed by atoms with Gasteiger partial charge in [0.1, 0.15) is 23.4 Å². The van der Waals surface area contributed by atoms with Gasteiger partial charge in [-0.3, -0.25) is 5.32 Å². The maximum atomic E-state index is 14.7. The van der Waals surface area contributed by atoms with E-state index in [1.807, 2.05) is 48.5 Å². The zero-order valence-corrected chi connectivity index (χ0v) is 17.2. The minimum atomic E-state index is -0.651. The van der Waals surface area contributed by atoms with Gasteiger partial charge >= 0.3 is 0 Å². The van der Waals surface area contributed by atoms with Crippen molar-refractivity contribution in [3.63, 3.8) is 0 Å². The molecule has 31 heavy (non-hydrogen) atoms. The van der Waals surface area contributed by atoms with Crippen LogP contribution in [-0.4, -0.2) is 24.4 Å². The van der Waals surface area contributed by atoms with Gasteiger partial charge in [0.25, 0.3) is 0 Å². The number of hydrogen-bond donors (Lipinski definition) is 1. The summed E-state index contributed by atoms with van der Waals surface area (Å²) in [6, 6.07) is 20.8.